The molecule has 3 heteroatoms. The molecule has 0 amide bonds. The van der Waals surface area contributed by atoms with Gasteiger partial charge in [-0.1, -0.05) is 12.2 Å². The molecule has 74 valence electrons. The molecule has 0 heterocycles. The third-order valence-electron chi connectivity index (χ3n) is 2.48. The van der Waals surface area contributed by atoms with E-state index in [0.29, 0.717) is 0 Å². The minimum Gasteiger partial charge on any atom is -0.481 e. The summed E-state index contributed by atoms with van der Waals surface area (Å²) in [7, 11) is 1.66. The average Bonchev–Trinajstić information content (AvgIpc) is 2.03. The zero-order chi connectivity index (χ0) is 9.68. The van der Waals surface area contributed by atoms with Crippen molar-refractivity contribution in [3.63, 3.8) is 0 Å². The fourth-order valence-corrected chi connectivity index (χ4v) is 1.59. The van der Waals surface area contributed by atoms with E-state index in [9.17, 15) is 4.79 Å². The van der Waals surface area contributed by atoms with Gasteiger partial charge in [0.25, 0.3) is 0 Å². The molecule has 13 heavy (non-hydrogen) atoms. The van der Waals surface area contributed by atoms with Gasteiger partial charge in [-0.3, -0.25) is 4.79 Å². The standard InChI is InChI=1S/C10H16O3/c1-13-9-5-3-2-4-8(6-7-9)10(11)12/h3,5,8-9H,2,4,6-7H2,1H3,(H,11,12)/b5-3+/t8-,9?/m0/s1. The first kappa shape index (κ1) is 10.3. The van der Waals surface area contributed by atoms with E-state index in [4.69, 9.17) is 9.84 Å². The van der Waals surface area contributed by atoms with Gasteiger partial charge in [0.2, 0.25) is 0 Å². The third kappa shape index (κ3) is 3.19. The molecule has 1 N–H and O–H groups in total. The number of allylic oxidation sites excluding steroid dienone is 1. The van der Waals surface area contributed by atoms with Crippen LogP contribution in [0.4, 0.5) is 0 Å². The van der Waals surface area contributed by atoms with Gasteiger partial charge in [0.15, 0.2) is 0 Å². The Morgan fingerprint density at radius 1 is 1.46 bits per heavy atom. The van der Waals surface area contributed by atoms with Gasteiger partial charge in [0.1, 0.15) is 0 Å². The number of ether oxygens (including phenoxy) is 1. The summed E-state index contributed by atoms with van der Waals surface area (Å²) < 4.78 is 5.18. The van der Waals surface area contributed by atoms with Crippen LogP contribution in [0.3, 0.4) is 0 Å². The molecule has 0 fully saturated rings. The van der Waals surface area contributed by atoms with E-state index in [1.54, 1.807) is 7.11 Å². The molecule has 0 radical (unpaired) electrons. The highest BCUT2D eigenvalue weighted by molar-refractivity contribution is 5.69. The predicted octanol–water partition coefficient (Wildman–Crippen LogP) is 1.83. The molecular weight excluding hydrogens is 168 g/mol. The van der Waals surface area contributed by atoms with Crippen LogP contribution in [-0.4, -0.2) is 24.3 Å². The summed E-state index contributed by atoms with van der Waals surface area (Å²) in [6.45, 7) is 0. The van der Waals surface area contributed by atoms with E-state index in [2.05, 4.69) is 0 Å². The van der Waals surface area contributed by atoms with E-state index < -0.39 is 5.97 Å². The van der Waals surface area contributed by atoms with Crippen molar-refractivity contribution in [2.45, 2.75) is 31.8 Å². The molecule has 3 nitrogen and oxygen atoms in total. The van der Waals surface area contributed by atoms with Crippen LogP contribution in [0.25, 0.3) is 0 Å². The Kier molecular flexibility index (Phi) is 3.96. The van der Waals surface area contributed by atoms with E-state index >= 15 is 0 Å². The minimum atomic E-state index is -0.676. The monoisotopic (exact) mass is 184 g/mol. The van der Waals surface area contributed by atoms with Crippen molar-refractivity contribution in [2.24, 2.45) is 5.92 Å². The number of hydrogen-bond donors (Lipinski definition) is 1. The van der Waals surface area contributed by atoms with Crippen molar-refractivity contribution < 1.29 is 14.6 Å². The fraction of sp³-hybridized carbons (Fsp3) is 0.700. The van der Waals surface area contributed by atoms with Crippen LogP contribution in [-0.2, 0) is 9.53 Å². The van der Waals surface area contributed by atoms with Crippen LogP contribution in [0.1, 0.15) is 25.7 Å². The zero-order valence-electron chi connectivity index (χ0n) is 7.90. The minimum absolute atomic E-state index is 0.0992. The Hall–Kier alpha value is -0.830. The largest absolute Gasteiger partial charge is 0.481 e. The maximum atomic E-state index is 10.7. The molecule has 0 aliphatic heterocycles. The normalized spacial score (nSPS) is 31.8. The van der Waals surface area contributed by atoms with Gasteiger partial charge >= 0.3 is 5.97 Å². The lowest BCUT2D eigenvalue weighted by Gasteiger charge is -2.17. The topological polar surface area (TPSA) is 46.5 Å². The first-order chi connectivity index (χ1) is 6.24. The van der Waals surface area contributed by atoms with Gasteiger partial charge in [-0.2, -0.15) is 0 Å². The highest BCUT2D eigenvalue weighted by atomic mass is 16.5. The first-order valence-electron chi connectivity index (χ1n) is 4.66. The molecule has 0 aromatic rings. The number of hydrogen-bond acceptors (Lipinski definition) is 2. The third-order valence-corrected chi connectivity index (χ3v) is 2.48. The number of carbonyl (C=O) groups is 1. The molecular formula is C10H16O3. The fourth-order valence-electron chi connectivity index (χ4n) is 1.59. The highest BCUT2D eigenvalue weighted by Crippen LogP contribution is 2.20. The van der Waals surface area contributed by atoms with Crippen molar-refractivity contribution in [1.82, 2.24) is 0 Å². The molecule has 0 saturated heterocycles. The Bertz CT molecular complexity index is 198. The van der Waals surface area contributed by atoms with Crippen LogP contribution in [0.5, 0.6) is 0 Å². The van der Waals surface area contributed by atoms with Crippen molar-refractivity contribution in [1.29, 1.82) is 0 Å². The summed E-state index contributed by atoms with van der Waals surface area (Å²) in [6.07, 6.45) is 7.27. The van der Waals surface area contributed by atoms with Crippen LogP contribution in [0, 0.1) is 5.92 Å². The Morgan fingerprint density at radius 3 is 2.85 bits per heavy atom. The zero-order valence-corrected chi connectivity index (χ0v) is 7.90. The lowest BCUT2D eigenvalue weighted by molar-refractivity contribution is -0.142. The molecule has 1 aliphatic rings. The van der Waals surface area contributed by atoms with E-state index in [1.807, 2.05) is 12.2 Å². The molecule has 0 saturated carbocycles. The molecule has 0 bridgehead atoms. The Labute approximate surface area is 78.4 Å². The smallest absolute Gasteiger partial charge is 0.306 e. The van der Waals surface area contributed by atoms with Crippen LogP contribution in [0.2, 0.25) is 0 Å². The van der Waals surface area contributed by atoms with Gasteiger partial charge < -0.3 is 9.84 Å². The van der Waals surface area contributed by atoms with Gasteiger partial charge in [-0.15, -0.1) is 0 Å². The van der Waals surface area contributed by atoms with E-state index in [1.165, 1.54) is 0 Å². The summed E-state index contributed by atoms with van der Waals surface area (Å²) in [5.74, 6) is -0.868. The Balaban J connectivity index is 2.50. The SMILES string of the molecule is COC1/C=C/CC[C@H](C(=O)O)CC1. The second-order valence-corrected chi connectivity index (χ2v) is 3.39. The second-order valence-electron chi connectivity index (χ2n) is 3.39. The first-order valence-corrected chi connectivity index (χ1v) is 4.66. The molecule has 0 aromatic carbocycles. The average molecular weight is 184 g/mol. The Morgan fingerprint density at radius 2 is 2.23 bits per heavy atom. The molecule has 0 spiro atoms. The van der Waals surface area contributed by atoms with Crippen LogP contribution >= 0.6 is 0 Å². The molecule has 1 rings (SSSR count). The van der Waals surface area contributed by atoms with E-state index in [-0.39, 0.29) is 12.0 Å². The van der Waals surface area contributed by atoms with Crippen molar-refractivity contribution in [2.75, 3.05) is 7.11 Å². The van der Waals surface area contributed by atoms with Crippen molar-refractivity contribution >= 4 is 5.97 Å². The van der Waals surface area contributed by atoms with E-state index in [0.717, 1.165) is 25.7 Å². The summed E-state index contributed by atoms with van der Waals surface area (Å²) in [5, 5.41) is 8.85. The quantitative estimate of drug-likeness (QED) is 0.666. The number of methoxy groups -OCH3 is 1. The summed E-state index contributed by atoms with van der Waals surface area (Å²) in [5.41, 5.74) is 0. The summed E-state index contributed by atoms with van der Waals surface area (Å²) >= 11 is 0. The lowest BCUT2D eigenvalue weighted by Crippen LogP contribution is -2.18. The van der Waals surface area contributed by atoms with Gasteiger partial charge in [-0.25, -0.2) is 0 Å². The van der Waals surface area contributed by atoms with Crippen LogP contribution < -0.4 is 0 Å². The maximum absolute atomic E-state index is 10.7. The predicted molar refractivity (Wildman–Crippen MR) is 49.5 cm³/mol. The molecule has 1 aliphatic carbocycles. The molecule has 1 unspecified atom stereocenters. The highest BCUT2D eigenvalue weighted by Gasteiger charge is 2.19. The summed E-state index contributed by atoms with van der Waals surface area (Å²) in [6, 6.07) is 0. The van der Waals surface area contributed by atoms with Crippen LogP contribution in [0.15, 0.2) is 12.2 Å². The number of rotatable bonds is 2. The number of carboxylic acid groups (broad SMARTS) is 1. The van der Waals surface area contributed by atoms with Crippen molar-refractivity contribution in [3.8, 4) is 0 Å². The number of carboxylic acids is 1. The van der Waals surface area contributed by atoms with Gasteiger partial charge in [-0.05, 0) is 25.7 Å². The summed E-state index contributed by atoms with van der Waals surface area (Å²) in [4.78, 5) is 10.7. The maximum Gasteiger partial charge on any atom is 0.306 e. The van der Waals surface area contributed by atoms with Gasteiger partial charge in [0.05, 0.1) is 12.0 Å². The van der Waals surface area contributed by atoms with Gasteiger partial charge in [0, 0.05) is 7.11 Å². The second kappa shape index (κ2) is 5.02. The lowest BCUT2D eigenvalue weighted by atomic mass is 9.93. The van der Waals surface area contributed by atoms with Crippen molar-refractivity contribution in [3.05, 3.63) is 12.2 Å². The molecule has 0 aromatic heterocycles. The molecule has 2 atom stereocenters. The number of aliphatic carboxylic acids is 1.